The minimum absolute atomic E-state index is 0.374. The van der Waals surface area contributed by atoms with Gasteiger partial charge in [0, 0.05) is 62.0 Å². The minimum atomic E-state index is 0.374. The van der Waals surface area contributed by atoms with Crippen molar-refractivity contribution >= 4 is 23.4 Å². The van der Waals surface area contributed by atoms with Crippen molar-refractivity contribution in [1.82, 2.24) is 25.1 Å². The van der Waals surface area contributed by atoms with E-state index < -0.39 is 0 Å². The molecular formula is C22H31N9O. The number of ether oxygens (including phenoxy) is 1. The molecular weight excluding hydrogens is 406 g/mol. The molecule has 3 aliphatic heterocycles. The van der Waals surface area contributed by atoms with Gasteiger partial charge in [-0.05, 0) is 32.6 Å². The van der Waals surface area contributed by atoms with Crippen LogP contribution in [0.2, 0.25) is 0 Å². The van der Waals surface area contributed by atoms with Crippen molar-refractivity contribution in [2.45, 2.75) is 57.2 Å². The summed E-state index contributed by atoms with van der Waals surface area (Å²) in [6.45, 7) is 5.81. The molecule has 0 amide bonds. The second-order valence-electron chi connectivity index (χ2n) is 8.94. The minimum Gasteiger partial charge on any atom is -0.378 e. The van der Waals surface area contributed by atoms with Crippen LogP contribution in [-0.4, -0.2) is 76.0 Å². The zero-order chi connectivity index (χ0) is 21.9. The summed E-state index contributed by atoms with van der Waals surface area (Å²) in [6, 6.07) is 7.72. The molecule has 3 N–H and O–H groups in total. The normalized spacial score (nSPS) is 25.5. The lowest BCUT2D eigenvalue weighted by Crippen LogP contribution is -2.47. The number of aromatic amines is 1. The number of nitrogens with one attached hydrogen (secondary N) is 3. The Morgan fingerprint density at radius 1 is 1.12 bits per heavy atom. The van der Waals surface area contributed by atoms with Crippen LogP contribution in [0.4, 0.5) is 23.4 Å². The quantitative estimate of drug-likeness (QED) is 0.600. The summed E-state index contributed by atoms with van der Waals surface area (Å²) >= 11 is 0. The van der Waals surface area contributed by atoms with E-state index in [0.717, 1.165) is 55.6 Å². The number of hydrogen-bond donors (Lipinski definition) is 3. The summed E-state index contributed by atoms with van der Waals surface area (Å²) in [5.41, 5.74) is 0.993. The van der Waals surface area contributed by atoms with Crippen LogP contribution in [-0.2, 0) is 4.74 Å². The third kappa shape index (κ3) is 4.64. The van der Waals surface area contributed by atoms with Crippen LogP contribution in [0.15, 0.2) is 12.1 Å². The summed E-state index contributed by atoms with van der Waals surface area (Å²) in [5, 5.41) is 23.2. The van der Waals surface area contributed by atoms with Gasteiger partial charge in [-0.15, -0.1) is 0 Å². The van der Waals surface area contributed by atoms with E-state index in [-0.39, 0.29) is 0 Å². The van der Waals surface area contributed by atoms with Crippen LogP contribution >= 0.6 is 0 Å². The average molecular weight is 438 g/mol. The van der Waals surface area contributed by atoms with E-state index >= 15 is 0 Å². The van der Waals surface area contributed by atoms with E-state index in [1.54, 1.807) is 0 Å². The molecule has 3 atom stereocenters. The van der Waals surface area contributed by atoms with Gasteiger partial charge >= 0.3 is 0 Å². The number of aryl methyl sites for hydroxylation is 1. The number of anilines is 4. The van der Waals surface area contributed by atoms with Crippen molar-refractivity contribution in [2.75, 3.05) is 48.4 Å². The molecule has 10 nitrogen and oxygen atoms in total. The Bertz CT molecular complexity index is 951. The van der Waals surface area contributed by atoms with Gasteiger partial charge in [-0.25, -0.2) is 0 Å². The fourth-order valence-electron chi connectivity index (χ4n) is 5.24. The van der Waals surface area contributed by atoms with Gasteiger partial charge in [0.25, 0.3) is 0 Å². The largest absolute Gasteiger partial charge is 0.378 e. The summed E-state index contributed by atoms with van der Waals surface area (Å²) in [4.78, 5) is 14.3. The Hall–Kier alpha value is -2.90. The van der Waals surface area contributed by atoms with Gasteiger partial charge in [0.2, 0.25) is 5.95 Å². The maximum atomic E-state index is 8.98. The number of nitrogens with zero attached hydrogens (tertiary/aromatic N) is 6. The summed E-state index contributed by atoms with van der Waals surface area (Å²) in [5.74, 6) is 3.02. The molecule has 3 saturated heterocycles. The summed E-state index contributed by atoms with van der Waals surface area (Å²) < 4.78 is 5.50. The third-order valence-electron chi connectivity index (χ3n) is 6.69. The molecule has 170 valence electrons. The first-order valence-electron chi connectivity index (χ1n) is 11.6. The van der Waals surface area contributed by atoms with Crippen molar-refractivity contribution in [3.63, 3.8) is 0 Å². The number of hydrogen-bond acceptors (Lipinski definition) is 9. The highest BCUT2D eigenvalue weighted by Gasteiger charge is 2.40. The van der Waals surface area contributed by atoms with Crippen molar-refractivity contribution in [3.8, 4) is 6.07 Å². The van der Waals surface area contributed by atoms with E-state index in [9.17, 15) is 0 Å². The smallest absolute Gasteiger partial charge is 0.229 e. The Morgan fingerprint density at radius 3 is 2.56 bits per heavy atom. The Kier molecular flexibility index (Phi) is 6.10. The molecule has 32 heavy (non-hydrogen) atoms. The summed E-state index contributed by atoms with van der Waals surface area (Å²) in [7, 11) is 0. The fourth-order valence-corrected chi connectivity index (χ4v) is 5.24. The Morgan fingerprint density at radius 2 is 1.88 bits per heavy atom. The molecule has 3 fully saturated rings. The van der Waals surface area contributed by atoms with Crippen LogP contribution in [0, 0.1) is 18.3 Å². The third-order valence-corrected chi connectivity index (χ3v) is 6.69. The molecule has 2 bridgehead atoms. The van der Waals surface area contributed by atoms with Crippen LogP contribution in [0.1, 0.15) is 37.8 Å². The zero-order valence-corrected chi connectivity index (χ0v) is 18.5. The van der Waals surface area contributed by atoms with Crippen LogP contribution < -0.4 is 15.5 Å². The second kappa shape index (κ2) is 9.30. The maximum absolute atomic E-state index is 8.98. The first kappa shape index (κ1) is 21.0. The summed E-state index contributed by atoms with van der Waals surface area (Å²) in [6.07, 6.45) is 5.23. The topological polar surface area (TPSA) is 118 Å². The highest BCUT2D eigenvalue weighted by Crippen LogP contribution is 2.37. The van der Waals surface area contributed by atoms with Gasteiger partial charge < -0.3 is 20.3 Å². The SMILES string of the molecule is Cc1cc(Nc2cc(N[C@@H]3C[C@H]4CC[C@@H](C3)N4CCC#N)nc(N3CCOCC3)n2)n[nH]1. The zero-order valence-electron chi connectivity index (χ0n) is 18.5. The van der Waals surface area contributed by atoms with E-state index in [4.69, 9.17) is 20.0 Å². The van der Waals surface area contributed by atoms with Crippen molar-refractivity contribution in [3.05, 3.63) is 17.8 Å². The number of morpholine rings is 1. The first-order chi connectivity index (χ1) is 15.7. The lowest BCUT2D eigenvalue weighted by Gasteiger charge is -2.39. The molecule has 0 unspecified atom stereocenters. The van der Waals surface area contributed by atoms with E-state index in [1.807, 2.05) is 19.1 Å². The molecule has 10 heteroatoms. The number of aromatic nitrogens is 4. The average Bonchev–Trinajstić information content (AvgIpc) is 3.31. The Labute approximate surface area is 188 Å². The molecule has 0 radical (unpaired) electrons. The van der Waals surface area contributed by atoms with Gasteiger partial charge in [0.1, 0.15) is 11.6 Å². The van der Waals surface area contributed by atoms with Gasteiger partial charge in [0.15, 0.2) is 5.82 Å². The Balaban J connectivity index is 1.33. The van der Waals surface area contributed by atoms with E-state index in [0.29, 0.717) is 43.7 Å². The lowest BCUT2D eigenvalue weighted by molar-refractivity contribution is 0.122. The van der Waals surface area contributed by atoms with Crippen LogP contribution in [0.3, 0.4) is 0 Å². The predicted octanol–water partition coefficient (Wildman–Crippen LogP) is 2.41. The number of fused-ring (bicyclic) bond motifs is 2. The number of H-pyrrole nitrogens is 1. The van der Waals surface area contributed by atoms with Gasteiger partial charge in [0.05, 0.1) is 19.3 Å². The van der Waals surface area contributed by atoms with Crippen molar-refractivity contribution in [2.24, 2.45) is 0 Å². The number of nitriles is 1. The van der Waals surface area contributed by atoms with Crippen molar-refractivity contribution < 1.29 is 4.74 Å². The van der Waals surface area contributed by atoms with Gasteiger partial charge in [-0.2, -0.15) is 20.3 Å². The van der Waals surface area contributed by atoms with E-state index in [1.165, 1.54) is 12.8 Å². The standard InChI is InChI=1S/C22H31N9O/c1-15-11-21(29-28-15)25-20-14-19(26-22(27-20)30-7-9-32-10-8-30)24-16-12-17-3-4-18(13-16)31(17)6-2-5-23/h11,14,16-18H,2-4,6-10,12-13H2,1H3,(H3,24,25,26,27,28,29)/t16-,17-,18+. The van der Waals surface area contributed by atoms with Crippen LogP contribution in [0.25, 0.3) is 0 Å². The molecule has 5 heterocycles. The van der Waals surface area contributed by atoms with Crippen LogP contribution in [0.5, 0.6) is 0 Å². The van der Waals surface area contributed by atoms with Crippen molar-refractivity contribution in [1.29, 1.82) is 5.26 Å². The second-order valence-corrected chi connectivity index (χ2v) is 8.94. The monoisotopic (exact) mass is 437 g/mol. The molecule has 3 aliphatic rings. The molecule has 5 rings (SSSR count). The lowest BCUT2D eigenvalue weighted by atomic mass is 9.97. The number of piperidine rings is 1. The maximum Gasteiger partial charge on any atom is 0.229 e. The van der Waals surface area contributed by atoms with Gasteiger partial charge in [-0.1, -0.05) is 0 Å². The molecule has 2 aromatic heterocycles. The number of rotatable bonds is 7. The molecule has 0 spiro atoms. The predicted molar refractivity (Wildman–Crippen MR) is 122 cm³/mol. The fraction of sp³-hybridized carbons (Fsp3) is 0.636. The highest BCUT2D eigenvalue weighted by molar-refractivity contribution is 5.59. The first-order valence-corrected chi connectivity index (χ1v) is 11.6. The molecule has 0 aromatic carbocycles. The highest BCUT2D eigenvalue weighted by atomic mass is 16.5. The van der Waals surface area contributed by atoms with E-state index in [2.05, 4.69) is 36.7 Å². The molecule has 0 saturated carbocycles. The molecule has 0 aliphatic carbocycles. The van der Waals surface area contributed by atoms with Gasteiger partial charge in [-0.3, -0.25) is 10.00 Å². The molecule has 2 aromatic rings.